The van der Waals surface area contributed by atoms with Gasteiger partial charge < -0.3 is 9.80 Å². The maximum atomic E-state index is 13.0. The number of aromatic nitrogens is 2. The maximum absolute atomic E-state index is 13.0. The summed E-state index contributed by atoms with van der Waals surface area (Å²) < 4.78 is 0. The van der Waals surface area contributed by atoms with Gasteiger partial charge in [-0.1, -0.05) is 18.2 Å². The van der Waals surface area contributed by atoms with Crippen LogP contribution in [0.1, 0.15) is 36.1 Å². The van der Waals surface area contributed by atoms with Crippen LogP contribution in [0.4, 0.5) is 11.5 Å². The summed E-state index contributed by atoms with van der Waals surface area (Å²) in [5.74, 6) is 1.41. The molecule has 5 heteroatoms. The molecule has 0 spiro atoms. The highest BCUT2D eigenvalue weighted by molar-refractivity contribution is 5.97. The fourth-order valence-electron chi connectivity index (χ4n) is 4.61. The Bertz CT molecular complexity index is 842. The number of hydrogen-bond donors (Lipinski definition) is 0. The van der Waals surface area contributed by atoms with E-state index in [1.165, 1.54) is 23.2 Å². The Morgan fingerprint density at radius 3 is 2.69 bits per heavy atom. The second-order valence-corrected chi connectivity index (χ2v) is 7.66. The zero-order valence-electron chi connectivity index (χ0n) is 15.0. The lowest BCUT2D eigenvalue weighted by Gasteiger charge is -2.33. The maximum Gasteiger partial charge on any atom is 0.230 e. The monoisotopic (exact) mass is 348 g/mol. The number of amides is 1. The first-order chi connectivity index (χ1) is 12.8. The van der Waals surface area contributed by atoms with Crippen LogP contribution in [0.15, 0.2) is 30.3 Å². The van der Waals surface area contributed by atoms with Gasteiger partial charge in [0.2, 0.25) is 5.91 Å². The molecular formula is C21H24N4O. The van der Waals surface area contributed by atoms with E-state index in [0.29, 0.717) is 5.91 Å². The molecule has 0 N–H and O–H groups in total. The van der Waals surface area contributed by atoms with Crippen molar-refractivity contribution in [2.24, 2.45) is 5.92 Å². The van der Waals surface area contributed by atoms with E-state index >= 15 is 0 Å². The molecule has 1 aromatic heterocycles. The molecule has 0 radical (unpaired) electrons. The first kappa shape index (κ1) is 15.8. The molecule has 2 aliphatic heterocycles. The highest BCUT2D eigenvalue weighted by Crippen LogP contribution is 2.32. The van der Waals surface area contributed by atoms with Gasteiger partial charge in [-0.25, -0.2) is 0 Å². The molecule has 5 rings (SSSR count). The lowest BCUT2D eigenvalue weighted by atomic mass is 9.95. The van der Waals surface area contributed by atoms with Crippen molar-refractivity contribution in [2.45, 2.75) is 38.5 Å². The van der Waals surface area contributed by atoms with Gasteiger partial charge in [0.25, 0.3) is 0 Å². The highest BCUT2D eigenvalue weighted by Gasteiger charge is 2.32. The normalized spacial score (nSPS) is 19.5. The molecule has 1 saturated heterocycles. The number of para-hydroxylation sites is 1. The molecular weight excluding hydrogens is 324 g/mol. The Morgan fingerprint density at radius 1 is 0.962 bits per heavy atom. The predicted molar refractivity (Wildman–Crippen MR) is 101 cm³/mol. The lowest BCUT2D eigenvalue weighted by Crippen LogP contribution is -2.42. The molecule has 0 saturated carbocycles. The third-order valence-electron chi connectivity index (χ3n) is 6.13. The largest absolute Gasteiger partial charge is 0.355 e. The molecule has 0 unspecified atom stereocenters. The molecule has 1 fully saturated rings. The second kappa shape index (κ2) is 6.38. The van der Waals surface area contributed by atoms with E-state index in [1.807, 2.05) is 11.0 Å². The fourth-order valence-corrected chi connectivity index (χ4v) is 4.61. The first-order valence-electron chi connectivity index (χ1n) is 9.79. The number of fused-ring (bicyclic) bond motifs is 2. The molecule has 1 aliphatic carbocycles. The lowest BCUT2D eigenvalue weighted by molar-refractivity contribution is -0.122. The van der Waals surface area contributed by atoms with E-state index in [9.17, 15) is 4.79 Å². The Balaban J connectivity index is 1.25. The van der Waals surface area contributed by atoms with Crippen molar-refractivity contribution in [1.29, 1.82) is 0 Å². The van der Waals surface area contributed by atoms with Crippen LogP contribution in [0.2, 0.25) is 0 Å². The van der Waals surface area contributed by atoms with Crippen molar-refractivity contribution in [2.75, 3.05) is 29.4 Å². The molecule has 26 heavy (non-hydrogen) atoms. The van der Waals surface area contributed by atoms with Crippen molar-refractivity contribution in [3.63, 3.8) is 0 Å². The smallest absolute Gasteiger partial charge is 0.230 e. The van der Waals surface area contributed by atoms with E-state index in [-0.39, 0.29) is 5.92 Å². The van der Waals surface area contributed by atoms with Gasteiger partial charge in [0.1, 0.15) is 0 Å². The number of anilines is 2. The van der Waals surface area contributed by atoms with Gasteiger partial charge in [-0.3, -0.25) is 4.79 Å². The molecule has 2 aromatic rings. The molecule has 1 amide bonds. The van der Waals surface area contributed by atoms with Crippen molar-refractivity contribution < 1.29 is 4.79 Å². The molecule has 0 atom stereocenters. The molecule has 3 heterocycles. The standard InChI is InChI=1S/C21H24N4O/c26-21(25-13-10-15-4-1-2-7-19(15)25)16-8-11-24(12-9-16)20-14-17-5-3-6-18(17)22-23-20/h1-2,4,7,14,16H,3,5-6,8-13H2. The van der Waals surface area contributed by atoms with Crippen LogP contribution >= 0.6 is 0 Å². The van der Waals surface area contributed by atoms with E-state index in [2.05, 4.69) is 39.4 Å². The molecule has 3 aliphatic rings. The summed E-state index contributed by atoms with van der Waals surface area (Å²) >= 11 is 0. The number of hydrogen-bond acceptors (Lipinski definition) is 4. The number of aryl methyl sites for hydroxylation is 2. The summed E-state index contributed by atoms with van der Waals surface area (Å²) in [6.45, 7) is 2.60. The van der Waals surface area contributed by atoms with Crippen molar-refractivity contribution in [1.82, 2.24) is 10.2 Å². The zero-order chi connectivity index (χ0) is 17.5. The summed E-state index contributed by atoms with van der Waals surface area (Å²) in [5, 5.41) is 8.84. The van der Waals surface area contributed by atoms with E-state index in [0.717, 1.165) is 63.2 Å². The van der Waals surface area contributed by atoms with Gasteiger partial charge in [0, 0.05) is 31.2 Å². The van der Waals surface area contributed by atoms with Gasteiger partial charge in [-0.05, 0) is 61.8 Å². The van der Waals surface area contributed by atoms with Gasteiger partial charge in [0.15, 0.2) is 5.82 Å². The van der Waals surface area contributed by atoms with E-state index in [1.54, 1.807) is 0 Å². The number of rotatable bonds is 2. The van der Waals surface area contributed by atoms with Crippen LogP contribution in [0.25, 0.3) is 0 Å². The summed E-state index contributed by atoms with van der Waals surface area (Å²) in [6.07, 6.45) is 6.16. The van der Waals surface area contributed by atoms with Crippen LogP contribution in [0, 0.1) is 5.92 Å². The van der Waals surface area contributed by atoms with Crippen molar-refractivity contribution in [3.8, 4) is 0 Å². The van der Waals surface area contributed by atoms with Gasteiger partial charge in [-0.15, -0.1) is 5.10 Å². The number of nitrogens with zero attached hydrogens (tertiary/aromatic N) is 4. The summed E-state index contributed by atoms with van der Waals surface area (Å²) in [7, 11) is 0. The average molecular weight is 348 g/mol. The third kappa shape index (κ3) is 2.66. The molecule has 0 bridgehead atoms. The SMILES string of the molecule is O=C(C1CCN(c2cc3c(nn2)CCC3)CC1)N1CCc2ccccc21. The van der Waals surface area contributed by atoms with Gasteiger partial charge in [-0.2, -0.15) is 5.10 Å². The Kier molecular flexibility index (Phi) is 3.88. The van der Waals surface area contributed by atoms with Crippen LogP contribution in [0.5, 0.6) is 0 Å². The highest BCUT2D eigenvalue weighted by atomic mass is 16.2. The van der Waals surface area contributed by atoms with Crippen LogP contribution in [-0.2, 0) is 24.1 Å². The summed E-state index contributed by atoms with van der Waals surface area (Å²) in [6, 6.07) is 10.5. The predicted octanol–water partition coefficient (Wildman–Crippen LogP) is 2.77. The minimum Gasteiger partial charge on any atom is -0.355 e. The minimum atomic E-state index is 0.125. The van der Waals surface area contributed by atoms with E-state index < -0.39 is 0 Å². The zero-order valence-corrected chi connectivity index (χ0v) is 15.0. The van der Waals surface area contributed by atoms with Crippen molar-refractivity contribution >= 4 is 17.4 Å². The Hall–Kier alpha value is -2.43. The number of benzene rings is 1. The summed E-state index contributed by atoms with van der Waals surface area (Å²) in [4.78, 5) is 17.3. The quantitative estimate of drug-likeness (QED) is 0.837. The molecule has 5 nitrogen and oxygen atoms in total. The van der Waals surface area contributed by atoms with Crippen LogP contribution in [-0.4, -0.2) is 35.7 Å². The second-order valence-electron chi connectivity index (χ2n) is 7.66. The Morgan fingerprint density at radius 2 is 1.81 bits per heavy atom. The van der Waals surface area contributed by atoms with E-state index in [4.69, 9.17) is 0 Å². The fraction of sp³-hybridized carbons (Fsp3) is 0.476. The summed E-state index contributed by atoms with van der Waals surface area (Å²) in [5.41, 5.74) is 4.95. The Labute approximate surface area is 154 Å². The number of carbonyl (C=O) groups excluding carboxylic acids is 1. The van der Waals surface area contributed by atoms with Crippen molar-refractivity contribution in [3.05, 3.63) is 47.2 Å². The van der Waals surface area contributed by atoms with Crippen LogP contribution in [0.3, 0.4) is 0 Å². The number of piperidine rings is 1. The average Bonchev–Trinajstić information content (AvgIpc) is 3.34. The molecule has 1 aromatic carbocycles. The van der Waals surface area contributed by atoms with Crippen LogP contribution < -0.4 is 9.80 Å². The number of carbonyl (C=O) groups is 1. The van der Waals surface area contributed by atoms with Gasteiger partial charge in [0.05, 0.1) is 5.69 Å². The minimum absolute atomic E-state index is 0.125. The third-order valence-corrected chi connectivity index (χ3v) is 6.13. The van der Waals surface area contributed by atoms with Gasteiger partial charge >= 0.3 is 0 Å². The first-order valence-corrected chi connectivity index (χ1v) is 9.79. The topological polar surface area (TPSA) is 49.3 Å². The molecule has 134 valence electrons.